The van der Waals surface area contributed by atoms with E-state index in [9.17, 15) is 4.79 Å². The Morgan fingerprint density at radius 2 is 1.83 bits per heavy atom. The van der Waals surface area contributed by atoms with E-state index in [-0.39, 0.29) is 0 Å². The predicted octanol–water partition coefficient (Wildman–Crippen LogP) is 5.77. The number of carbonyl (C=O) groups is 1. The summed E-state index contributed by atoms with van der Waals surface area (Å²) in [6, 6.07) is 0. The third kappa shape index (κ3) is 12.5. The van der Waals surface area contributed by atoms with E-state index in [1.54, 1.807) is 0 Å². The van der Waals surface area contributed by atoms with Crippen LogP contribution in [0.1, 0.15) is 85.0 Å². The molecule has 0 aromatic heterocycles. The van der Waals surface area contributed by atoms with Gasteiger partial charge in [-0.25, -0.2) is 0 Å². The molecule has 0 spiro atoms. The Labute approximate surface area is 145 Å². The van der Waals surface area contributed by atoms with Gasteiger partial charge in [0, 0.05) is 5.92 Å². The van der Waals surface area contributed by atoms with Crippen molar-refractivity contribution in [1.82, 2.24) is 5.32 Å². The molecule has 2 nitrogen and oxygen atoms in total. The molecule has 1 N–H and O–H groups in total. The Morgan fingerprint density at radius 3 is 2.35 bits per heavy atom. The Balaban J connectivity index is 0.000000449. The van der Waals surface area contributed by atoms with E-state index in [2.05, 4.69) is 24.4 Å². The average Bonchev–Trinajstić information content (AvgIpc) is 3.11. The summed E-state index contributed by atoms with van der Waals surface area (Å²) in [5, 5.41) is 3.18. The van der Waals surface area contributed by atoms with Gasteiger partial charge in [0.1, 0.15) is 6.29 Å². The highest BCUT2D eigenvalue weighted by Gasteiger charge is 2.32. The van der Waals surface area contributed by atoms with Gasteiger partial charge in [-0.05, 0) is 64.0 Å². The van der Waals surface area contributed by atoms with Crippen molar-refractivity contribution in [2.24, 2.45) is 17.8 Å². The van der Waals surface area contributed by atoms with Gasteiger partial charge in [-0.15, -0.1) is 0 Å². The monoisotopic (exact) mass is 323 g/mol. The highest BCUT2D eigenvalue weighted by molar-refractivity contribution is 5.53. The van der Waals surface area contributed by atoms with E-state index >= 15 is 0 Å². The van der Waals surface area contributed by atoms with Crippen LogP contribution in [-0.2, 0) is 4.79 Å². The third-order valence-corrected chi connectivity index (χ3v) is 4.66. The first kappa shape index (κ1) is 22.4. The zero-order valence-electron chi connectivity index (χ0n) is 16.2. The van der Waals surface area contributed by atoms with Crippen molar-refractivity contribution in [2.45, 2.75) is 85.0 Å². The van der Waals surface area contributed by atoms with Gasteiger partial charge in [0.25, 0.3) is 0 Å². The molecule has 23 heavy (non-hydrogen) atoms. The third-order valence-electron chi connectivity index (χ3n) is 4.66. The van der Waals surface area contributed by atoms with Crippen LogP contribution in [0, 0.1) is 17.8 Å². The zero-order chi connectivity index (χ0) is 17.3. The maximum absolute atomic E-state index is 10.0. The van der Waals surface area contributed by atoms with Gasteiger partial charge in [-0.2, -0.15) is 0 Å². The molecule has 2 atom stereocenters. The van der Waals surface area contributed by atoms with Gasteiger partial charge in [-0.3, -0.25) is 0 Å². The largest absolute Gasteiger partial charge is 0.320 e. The van der Waals surface area contributed by atoms with E-state index in [0.717, 1.165) is 37.5 Å². The van der Waals surface area contributed by atoms with Crippen molar-refractivity contribution in [3.05, 3.63) is 12.2 Å². The molecule has 2 aliphatic rings. The SMILES string of the molecule is CC.CCCC1C[C@H]1/C=C\CCCCNC.O=CC1CCCC1. The van der Waals surface area contributed by atoms with E-state index in [4.69, 9.17) is 0 Å². The quantitative estimate of drug-likeness (QED) is 0.331. The first-order valence-corrected chi connectivity index (χ1v) is 10.1. The molecule has 2 aliphatic carbocycles. The lowest BCUT2D eigenvalue weighted by Gasteiger charge is -1.95. The number of allylic oxidation sites excluding steroid dienone is 2. The van der Waals surface area contributed by atoms with Crippen LogP contribution in [0.3, 0.4) is 0 Å². The molecule has 1 unspecified atom stereocenters. The molecular formula is C21H41NO. The summed E-state index contributed by atoms with van der Waals surface area (Å²) in [7, 11) is 2.02. The minimum atomic E-state index is 0.417. The van der Waals surface area contributed by atoms with Crippen LogP contribution >= 0.6 is 0 Å². The molecule has 0 radical (unpaired) electrons. The molecule has 0 aromatic rings. The Kier molecular flexibility index (Phi) is 15.8. The van der Waals surface area contributed by atoms with Crippen LogP contribution in [0.5, 0.6) is 0 Å². The van der Waals surface area contributed by atoms with Crippen LogP contribution in [0.25, 0.3) is 0 Å². The number of nitrogens with one attached hydrogen (secondary N) is 1. The Morgan fingerprint density at radius 1 is 1.13 bits per heavy atom. The number of unbranched alkanes of at least 4 members (excludes halogenated alkanes) is 2. The highest BCUT2D eigenvalue weighted by Crippen LogP contribution is 2.42. The van der Waals surface area contributed by atoms with E-state index < -0.39 is 0 Å². The molecule has 2 heteroatoms. The van der Waals surface area contributed by atoms with Gasteiger partial charge < -0.3 is 10.1 Å². The second-order valence-electron chi connectivity index (χ2n) is 6.66. The lowest BCUT2D eigenvalue weighted by Crippen LogP contribution is -2.06. The number of aldehydes is 1. The summed E-state index contributed by atoms with van der Waals surface area (Å²) in [5.74, 6) is 2.40. The van der Waals surface area contributed by atoms with E-state index in [1.807, 2.05) is 20.9 Å². The summed E-state index contributed by atoms with van der Waals surface area (Å²) in [4.78, 5) is 10.0. The fourth-order valence-corrected chi connectivity index (χ4v) is 3.14. The van der Waals surface area contributed by atoms with Crippen molar-refractivity contribution in [3.8, 4) is 0 Å². The van der Waals surface area contributed by atoms with Crippen LogP contribution < -0.4 is 5.32 Å². The number of hydrogen-bond acceptors (Lipinski definition) is 2. The van der Waals surface area contributed by atoms with Crippen molar-refractivity contribution in [2.75, 3.05) is 13.6 Å². The summed E-state index contributed by atoms with van der Waals surface area (Å²) < 4.78 is 0. The standard InChI is InChI=1S/C13H25N.C6H10O.C2H6/c1-3-8-12-11-13(12)9-6-4-5-7-10-14-2;7-5-6-3-1-2-4-6;1-2/h6,9,12-14H,3-5,7-8,10-11H2,1-2H3;5-6H,1-4H2;1-2H3/b9-6-;;/t12?,13-;;/m1../s1. The van der Waals surface area contributed by atoms with E-state index in [1.165, 1.54) is 51.4 Å². The van der Waals surface area contributed by atoms with Crippen molar-refractivity contribution in [3.63, 3.8) is 0 Å². The molecule has 0 bridgehead atoms. The first-order valence-electron chi connectivity index (χ1n) is 10.1. The van der Waals surface area contributed by atoms with Gasteiger partial charge in [-0.1, -0.05) is 58.6 Å². The molecule has 2 fully saturated rings. The van der Waals surface area contributed by atoms with Gasteiger partial charge in [0.2, 0.25) is 0 Å². The molecule has 2 rings (SSSR count). The summed E-state index contributed by atoms with van der Waals surface area (Å²) >= 11 is 0. The number of hydrogen-bond donors (Lipinski definition) is 1. The first-order chi connectivity index (χ1) is 11.3. The molecule has 0 heterocycles. The fourth-order valence-electron chi connectivity index (χ4n) is 3.14. The normalized spacial score (nSPS) is 23.0. The van der Waals surface area contributed by atoms with Gasteiger partial charge in [0.15, 0.2) is 0 Å². The van der Waals surface area contributed by atoms with Gasteiger partial charge >= 0.3 is 0 Å². The molecule has 0 saturated heterocycles. The van der Waals surface area contributed by atoms with Crippen LogP contribution in [0.15, 0.2) is 12.2 Å². The van der Waals surface area contributed by atoms with Crippen LogP contribution in [0.2, 0.25) is 0 Å². The summed E-state index contributed by atoms with van der Waals surface area (Å²) in [6.07, 6.45) is 18.9. The van der Waals surface area contributed by atoms with Gasteiger partial charge in [0.05, 0.1) is 0 Å². The van der Waals surface area contributed by atoms with Crippen molar-refractivity contribution >= 4 is 6.29 Å². The highest BCUT2D eigenvalue weighted by atomic mass is 16.1. The maximum Gasteiger partial charge on any atom is 0.123 e. The van der Waals surface area contributed by atoms with Crippen LogP contribution in [-0.4, -0.2) is 19.9 Å². The average molecular weight is 324 g/mol. The molecule has 2 saturated carbocycles. The minimum absolute atomic E-state index is 0.417. The molecule has 0 aromatic carbocycles. The molecular weight excluding hydrogens is 282 g/mol. The van der Waals surface area contributed by atoms with Crippen LogP contribution in [0.4, 0.5) is 0 Å². The Bertz CT molecular complexity index is 282. The lowest BCUT2D eigenvalue weighted by atomic mass is 10.1. The molecule has 136 valence electrons. The summed E-state index contributed by atoms with van der Waals surface area (Å²) in [5.41, 5.74) is 0. The topological polar surface area (TPSA) is 29.1 Å². The predicted molar refractivity (Wildman–Crippen MR) is 103 cm³/mol. The molecule has 0 amide bonds. The second kappa shape index (κ2) is 16.2. The van der Waals surface area contributed by atoms with Crippen molar-refractivity contribution in [1.29, 1.82) is 0 Å². The maximum atomic E-state index is 10.0. The smallest absolute Gasteiger partial charge is 0.123 e. The Hall–Kier alpha value is -0.630. The zero-order valence-corrected chi connectivity index (χ0v) is 16.2. The van der Waals surface area contributed by atoms with Crippen molar-refractivity contribution < 1.29 is 4.79 Å². The number of rotatable bonds is 9. The molecule has 0 aliphatic heterocycles. The summed E-state index contributed by atoms with van der Waals surface area (Å²) in [6.45, 7) is 7.45. The second-order valence-corrected chi connectivity index (χ2v) is 6.66. The minimum Gasteiger partial charge on any atom is -0.320 e. The number of carbonyl (C=O) groups excluding carboxylic acids is 1. The lowest BCUT2D eigenvalue weighted by molar-refractivity contribution is -0.110. The fraction of sp³-hybridized carbons (Fsp3) is 0.857. The van der Waals surface area contributed by atoms with E-state index in [0.29, 0.717) is 5.92 Å².